The van der Waals surface area contributed by atoms with Crippen molar-refractivity contribution in [2.75, 3.05) is 18.6 Å². The third kappa shape index (κ3) is 4.82. The average molecular weight is 536 g/mol. The third-order valence-electron chi connectivity index (χ3n) is 6.60. The molecule has 1 amide bonds. The van der Waals surface area contributed by atoms with Crippen LogP contribution in [0.1, 0.15) is 55.0 Å². The first kappa shape index (κ1) is 27.1. The Morgan fingerprint density at radius 2 is 1.79 bits per heavy atom. The third-order valence-corrected chi connectivity index (χ3v) is 7.01. The molecule has 198 valence electrons. The number of phenols is 1. The highest BCUT2D eigenvalue weighted by molar-refractivity contribution is 6.51. The Bertz CT molecular complexity index is 1440. The van der Waals surface area contributed by atoms with E-state index in [-0.39, 0.29) is 28.7 Å². The van der Waals surface area contributed by atoms with Crippen LogP contribution in [0.4, 0.5) is 5.69 Å². The molecule has 1 atom stereocenters. The van der Waals surface area contributed by atoms with Crippen LogP contribution >= 0.6 is 11.6 Å². The van der Waals surface area contributed by atoms with E-state index in [1.807, 2.05) is 20.8 Å². The minimum Gasteiger partial charge on any atom is -0.507 e. The van der Waals surface area contributed by atoms with Crippen LogP contribution in [0.5, 0.6) is 17.2 Å². The van der Waals surface area contributed by atoms with Gasteiger partial charge in [-0.15, -0.1) is 0 Å². The number of ether oxygens (including phenoxy) is 2. The number of amides is 1. The summed E-state index contributed by atoms with van der Waals surface area (Å²) in [5.74, 6) is -1.10. The lowest BCUT2D eigenvalue weighted by molar-refractivity contribution is -0.132. The molecule has 3 aromatic rings. The molecule has 0 aromatic heterocycles. The highest BCUT2D eigenvalue weighted by Gasteiger charge is 2.47. The number of nitrogens with zero attached hydrogens (tertiary/aromatic N) is 1. The van der Waals surface area contributed by atoms with Crippen molar-refractivity contribution in [3.8, 4) is 17.2 Å². The summed E-state index contributed by atoms with van der Waals surface area (Å²) >= 11 is 6.38. The fourth-order valence-electron chi connectivity index (χ4n) is 4.61. The summed E-state index contributed by atoms with van der Waals surface area (Å²) < 4.78 is 11.0. The van der Waals surface area contributed by atoms with Crippen LogP contribution in [0.15, 0.2) is 60.2 Å². The van der Waals surface area contributed by atoms with E-state index in [0.29, 0.717) is 34.2 Å². The normalized spacial score (nSPS) is 16.8. The fraction of sp³-hybridized carbons (Fsp3) is 0.267. The number of ketones is 1. The number of aliphatic hydroxyl groups is 1. The van der Waals surface area contributed by atoms with Gasteiger partial charge in [-0.2, -0.15) is 0 Å². The summed E-state index contributed by atoms with van der Waals surface area (Å²) in [4.78, 5) is 28.3. The van der Waals surface area contributed by atoms with E-state index in [1.165, 1.54) is 11.0 Å². The number of phenolic OH excluding ortho intramolecular Hbond substituents is 1. The summed E-state index contributed by atoms with van der Waals surface area (Å²) in [6, 6.07) is 13.8. The smallest absolute Gasteiger partial charge is 0.300 e. The quantitative estimate of drug-likeness (QED) is 0.203. The molecule has 0 radical (unpaired) electrons. The lowest BCUT2D eigenvalue weighted by atomic mass is 9.93. The number of anilines is 1. The van der Waals surface area contributed by atoms with E-state index in [4.69, 9.17) is 21.1 Å². The molecule has 1 aliphatic rings. The van der Waals surface area contributed by atoms with Gasteiger partial charge < -0.3 is 19.7 Å². The number of carbonyl (C=O) groups excluding carboxylic acids is 2. The van der Waals surface area contributed by atoms with Crippen molar-refractivity contribution < 1.29 is 29.3 Å². The second-order valence-corrected chi connectivity index (χ2v) is 9.78. The Balaban J connectivity index is 1.98. The van der Waals surface area contributed by atoms with E-state index in [1.54, 1.807) is 62.6 Å². The van der Waals surface area contributed by atoms with Gasteiger partial charge in [-0.05, 0) is 78.9 Å². The van der Waals surface area contributed by atoms with Crippen LogP contribution in [0.25, 0.3) is 5.76 Å². The molecule has 1 heterocycles. The Morgan fingerprint density at radius 3 is 2.42 bits per heavy atom. The van der Waals surface area contributed by atoms with Crippen molar-refractivity contribution >= 4 is 34.7 Å². The van der Waals surface area contributed by atoms with Crippen molar-refractivity contribution in [2.45, 2.75) is 39.7 Å². The summed E-state index contributed by atoms with van der Waals surface area (Å²) in [6.45, 7) is 7.90. The number of benzene rings is 3. The molecular weight excluding hydrogens is 506 g/mol. The second kappa shape index (κ2) is 10.8. The molecule has 7 nitrogen and oxygen atoms in total. The fourth-order valence-corrected chi connectivity index (χ4v) is 4.78. The molecule has 1 aliphatic heterocycles. The molecule has 4 rings (SSSR count). The number of Topliss-reactive ketones (excluding diaryl/α,β-unsaturated/α-hetero) is 1. The maximum absolute atomic E-state index is 13.5. The molecule has 1 unspecified atom stereocenters. The number of aromatic hydroxyl groups is 1. The number of carbonyl (C=O) groups is 2. The number of hydrogen-bond donors (Lipinski definition) is 2. The first-order chi connectivity index (χ1) is 18.1. The van der Waals surface area contributed by atoms with E-state index in [0.717, 1.165) is 11.1 Å². The maximum Gasteiger partial charge on any atom is 0.300 e. The Hall–Kier alpha value is -3.97. The van der Waals surface area contributed by atoms with E-state index < -0.39 is 17.7 Å². The Morgan fingerprint density at radius 1 is 1.05 bits per heavy atom. The first-order valence-electron chi connectivity index (χ1n) is 12.3. The minimum absolute atomic E-state index is 0.0801. The molecular formula is C30H30ClNO6. The lowest BCUT2D eigenvalue weighted by Gasteiger charge is -2.26. The molecule has 1 saturated heterocycles. The van der Waals surface area contributed by atoms with Gasteiger partial charge in [0.15, 0.2) is 11.5 Å². The van der Waals surface area contributed by atoms with E-state index >= 15 is 0 Å². The standard InChI is InChI=1S/C30H30ClNO6/c1-6-38-25-14-18(8-11-23(25)33)27-26(28(34)19-9-12-24(37-5)21(13-19)16(2)3)29(35)30(36)32(27)20-10-7-17(4)22(31)15-20/h7-16,27,33-34H,6H2,1-5H3/b28-26+. The minimum atomic E-state index is -1.00. The van der Waals surface area contributed by atoms with Crippen molar-refractivity contribution in [2.24, 2.45) is 0 Å². The van der Waals surface area contributed by atoms with Gasteiger partial charge in [-0.25, -0.2) is 0 Å². The molecule has 0 spiro atoms. The monoisotopic (exact) mass is 535 g/mol. The molecule has 3 aromatic carbocycles. The predicted octanol–water partition coefficient (Wildman–Crippen LogP) is 6.51. The predicted molar refractivity (Wildman–Crippen MR) is 147 cm³/mol. The maximum atomic E-state index is 13.5. The van der Waals surface area contributed by atoms with Crippen LogP contribution in [-0.2, 0) is 9.59 Å². The van der Waals surface area contributed by atoms with Gasteiger partial charge in [-0.3, -0.25) is 14.5 Å². The van der Waals surface area contributed by atoms with Gasteiger partial charge in [0.05, 0.1) is 25.3 Å². The van der Waals surface area contributed by atoms with Crippen LogP contribution in [0.3, 0.4) is 0 Å². The largest absolute Gasteiger partial charge is 0.507 e. The molecule has 0 bridgehead atoms. The van der Waals surface area contributed by atoms with E-state index in [2.05, 4.69) is 0 Å². The number of halogens is 1. The van der Waals surface area contributed by atoms with Crippen molar-refractivity contribution in [3.63, 3.8) is 0 Å². The van der Waals surface area contributed by atoms with Crippen LogP contribution in [0, 0.1) is 6.92 Å². The Labute approximate surface area is 226 Å². The number of methoxy groups -OCH3 is 1. The molecule has 1 fully saturated rings. The zero-order valence-electron chi connectivity index (χ0n) is 21.9. The highest BCUT2D eigenvalue weighted by Crippen LogP contribution is 2.45. The number of aliphatic hydroxyl groups excluding tert-OH is 1. The molecule has 2 N–H and O–H groups in total. The van der Waals surface area contributed by atoms with Crippen LogP contribution in [0.2, 0.25) is 5.02 Å². The molecule has 38 heavy (non-hydrogen) atoms. The van der Waals surface area contributed by atoms with Crippen LogP contribution in [-0.4, -0.2) is 35.6 Å². The summed E-state index contributed by atoms with van der Waals surface area (Å²) in [5, 5.41) is 22.2. The first-order valence-corrected chi connectivity index (χ1v) is 12.7. The molecule has 0 saturated carbocycles. The van der Waals surface area contributed by atoms with Crippen molar-refractivity contribution in [1.29, 1.82) is 0 Å². The average Bonchev–Trinajstić information content (AvgIpc) is 3.16. The summed E-state index contributed by atoms with van der Waals surface area (Å²) in [5.41, 5.74) is 2.82. The van der Waals surface area contributed by atoms with Gasteiger partial charge >= 0.3 is 0 Å². The highest BCUT2D eigenvalue weighted by atomic mass is 35.5. The van der Waals surface area contributed by atoms with Gasteiger partial charge in [0.2, 0.25) is 0 Å². The number of rotatable bonds is 7. The zero-order valence-corrected chi connectivity index (χ0v) is 22.7. The van der Waals surface area contributed by atoms with Gasteiger partial charge in [0, 0.05) is 16.3 Å². The SMILES string of the molecule is CCOc1cc(C2/C(=C(\O)c3ccc(OC)c(C(C)C)c3)C(=O)C(=O)N2c2ccc(C)c(Cl)c2)ccc1O. The zero-order chi connectivity index (χ0) is 27.7. The number of aryl methyl sites for hydroxylation is 1. The van der Waals surface area contributed by atoms with Gasteiger partial charge in [0.25, 0.3) is 11.7 Å². The van der Waals surface area contributed by atoms with Gasteiger partial charge in [-0.1, -0.05) is 37.6 Å². The second-order valence-electron chi connectivity index (χ2n) is 9.37. The Kier molecular flexibility index (Phi) is 7.69. The van der Waals surface area contributed by atoms with Crippen LogP contribution < -0.4 is 14.4 Å². The van der Waals surface area contributed by atoms with E-state index in [9.17, 15) is 19.8 Å². The lowest BCUT2D eigenvalue weighted by Crippen LogP contribution is -2.29. The number of hydrogen-bond acceptors (Lipinski definition) is 6. The molecule has 8 heteroatoms. The molecule has 0 aliphatic carbocycles. The van der Waals surface area contributed by atoms with Crippen molar-refractivity contribution in [3.05, 3.63) is 87.4 Å². The van der Waals surface area contributed by atoms with Crippen molar-refractivity contribution in [1.82, 2.24) is 0 Å². The topological polar surface area (TPSA) is 96.3 Å². The summed E-state index contributed by atoms with van der Waals surface area (Å²) in [6.07, 6.45) is 0. The van der Waals surface area contributed by atoms with Gasteiger partial charge in [0.1, 0.15) is 11.5 Å². The summed E-state index contributed by atoms with van der Waals surface area (Å²) in [7, 11) is 1.57.